The molecule has 0 aromatic heterocycles. The second-order valence-electron chi connectivity index (χ2n) is 17.6. The summed E-state index contributed by atoms with van der Waals surface area (Å²) < 4.78 is 0. The summed E-state index contributed by atoms with van der Waals surface area (Å²) in [5.41, 5.74) is 10.9. The van der Waals surface area contributed by atoms with Gasteiger partial charge in [-0.25, -0.2) is 0 Å². The first-order valence-electron chi connectivity index (χ1n) is 25.7. The second-order valence-corrected chi connectivity index (χ2v) is 18.9. The Morgan fingerprint density at radius 2 is 0.600 bits per heavy atom. The molecular formula is C68H77Br3Mg2O2. The molecule has 8 aromatic carbocycles. The fourth-order valence-electron chi connectivity index (χ4n) is 7.67. The molecule has 8 rings (SSSR count). The molecule has 0 bridgehead atoms. The number of unbranched alkanes of at least 4 members (excludes halogenated alkanes) is 2. The second kappa shape index (κ2) is 48.7. The van der Waals surface area contributed by atoms with E-state index in [1.807, 2.05) is 84.9 Å². The van der Waals surface area contributed by atoms with Gasteiger partial charge in [0.25, 0.3) is 0 Å². The van der Waals surface area contributed by atoms with Crippen LogP contribution in [0.2, 0.25) is 0 Å². The molecule has 75 heavy (non-hydrogen) atoms. The van der Waals surface area contributed by atoms with Crippen LogP contribution in [-0.2, 0) is 56.2 Å². The van der Waals surface area contributed by atoms with Crippen LogP contribution in [0.1, 0.15) is 89.5 Å². The molecule has 7 heteroatoms. The number of benzene rings is 8. The first-order valence-corrected chi connectivity index (χ1v) is 26.6. The first-order chi connectivity index (χ1) is 35.0. The van der Waals surface area contributed by atoms with Crippen molar-refractivity contribution in [2.24, 2.45) is 0 Å². The number of aldehydes is 1. The van der Waals surface area contributed by atoms with Crippen LogP contribution in [0.15, 0.2) is 243 Å². The predicted octanol–water partition coefficient (Wildman–Crippen LogP) is 10.2. The molecule has 386 valence electrons. The summed E-state index contributed by atoms with van der Waals surface area (Å²) in [6, 6.07) is 83.7. The number of halogens is 3. The van der Waals surface area contributed by atoms with Gasteiger partial charge in [0.2, 0.25) is 0 Å². The molecular weight excluding hydrogens is 1140 g/mol. The van der Waals surface area contributed by atoms with E-state index in [-0.39, 0.29) is 86.2 Å². The van der Waals surface area contributed by atoms with Gasteiger partial charge >= 0.3 is 46.1 Å². The molecule has 0 aliphatic rings. The standard InChI is InChI=1S/C17H19Br.C17H20O.C17H19.C9H10O.C8H9.2BrH.2Mg/c2*18-17(13-11-15-7-3-1-4-8-15)14-12-16-9-5-2-6-10-16;1-4-10-16(11-5-1)14-8-3-9-15-17-12-6-2-7-13-17;10-8-4-7-9-5-2-1-3-6-9;1-2-8-6-4-3-5-7-8;;;;/h1-10,17H,11-14H2;1-10,17-18H,11-14H2;1-7,10-13H,8-9,14-15H2;1-3,5-6,8H,4,7H2;3-7H,1-2H2;2*1H;;/q;;-1;;-1;;;2*+2/p-2. The van der Waals surface area contributed by atoms with Crippen molar-refractivity contribution < 1.29 is 43.9 Å². The van der Waals surface area contributed by atoms with Crippen molar-refractivity contribution in [3.05, 3.63) is 301 Å². The Bertz CT molecular complexity index is 2200. The number of aliphatic hydroxyl groups is 1. The van der Waals surface area contributed by atoms with Crippen molar-refractivity contribution in [2.45, 2.75) is 107 Å². The Morgan fingerprint density at radius 1 is 0.373 bits per heavy atom. The van der Waals surface area contributed by atoms with E-state index in [1.54, 1.807) is 0 Å². The number of hydrogen-bond donors (Lipinski definition) is 1. The smallest absolute Gasteiger partial charge is 1.00 e. The third-order valence-electron chi connectivity index (χ3n) is 11.9. The van der Waals surface area contributed by atoms with Crippen LogP contribution >= 0.6 is 15.9 Å². The van der Waals surface area contributed by atoms with Gasteiger partial charge in [-0.05, 0) is 85.6 Å². The van der Waals surface area contributed by atoms with Crippen LogP contribution in [0.4, 0.5) is 0 Å². The van der Waals surface area contributed by atoms with E-state index in [9.17, 15) is 9.90 Å². The van der Waals surface area contributed by atoms with Crippen LogP contribution in [0, 0.1) is 13.3 Å². The summed E-state index contributed by atoms with van der Waals surface area (Å²) in [5.74, 6) is 0. The van der Waals surface area contributed by atoms with Gasteiger partial charge < -0.3 is 57.2 Å². The zero-order valence-corrected chi connectivity index (χ0v) is 51.7. The van der Waals surface area contributed by atoms with E-state index in [4.69, 9.17) is 0 Å². The molecule has 0 amide bonds. The average Bonchev–Trinajstić information content (AvgIpc) is 3.45. The van der Waals surface area contributed by atoms with Gasteiger partial charge in [-0.1, -0.05) is 288 Å². The molecule has 2 nitrogen and oxygen atoms in total. The van der Waals surface area contributed by atoms with E-state index in [0.717, 1.165) is 70.5 Å². The minimum atomic E-state index is -0.203. The maximum absolute atomic E-state index is 9.98. The Balaban J connectivity index is 0.000000925. The Kier molecular flexibility index (Phi) is 46.4. The molecule has 0 unspecified atom stereocenters. The fraction of sp³-hybridized carbons (Fsp3) is 0.250. The van der Waals surface area contributed by atoms with Crippen molar-refractivity contribution in [1.29, 1.82) is 0 Å². The van der Waals surface area contributed by atoms with Gasteiger partial charge in [-0.15, -0.1) is 0 Å². The molecule has 8 aromatic rings. The average molecular weight is 1210 g/mol. The minimum Gasteiger partial charge on any atom is -1.00 e. The van der Waals surface area contributed by atoms with Crippen LogP contribution in [0.3, 0.4) is 0 Å². The third-order valence-corrected chi connectivity index (χ3v) is 12.8. The Hall–Kier alpha value is -3.64. The number of aliphatic hydroxyl groups excluding tert-OH is 1. The van der Waals surface area contributed by atoms with Crippen molar-refractivity contribution in [3.8, 4) is 0 Å². The molecule has 0 saturated heterocycles. The summed E-state index contributed by atoms with van der Waals surface area (Å²) in [4.78, 5) is 10.6. The fourth-order valence-corrected chi connectivity index (χ4v) is 8.12. The van der Waals surface area contributed by atoms with Gasteiger partial charge in [-0.2, -0.15) is 19.3 Å². The third kappa shape index (κ3) is 36.9. The molecule has 0 radical (unpaired) electrons. The van der Waals surface area contributed by atoms with Crippen LogP contribution in [0.25, 0.3) is 0 Å². The molecule has 0 aliphatic carbocycles. The number of rotatable bonds is 22. The number of aryl methyl sites for hydroxylation is 7. The van der Waals surface area contributed by atoms with E-state index >= 15 is 0 Å². The Morgan fingerprint density at radius 3 is 0.840 bits per heavy atom. The summed E-state index contributed by atoms with van der Waals surface area (Å²) >= 11 is 3.79. The van der Waals surface area contributed by atoms with Crippen LogP contribution in [0.5, 0.6) is 0 Å². The van der Waals surface area contributed by atoms with E-state index < -0.39 is 0 Å². The van der Waals surface area contributed by atoms with Gasteiger partial charge in [0.1, 0.15) is 6.29 Å². The number of alkyl halides is 1. The quantitative estimate of drug-likeness (QED) is 0.0242. The van der Waals surface area contributed by atoms with Crippen molar-refractivity contribution in [3.63, 3.8) is 0 Å². The summed E-state index contributed by atoms with van der Waals surface area (Å²) in [6.07, 6.45) is 18.5. The van der Waals surface area contributed by atoms with Crippen molar-refractivity contribution in [2.75, 3.05) is 0 Å². The number of carbonyl (C=O) groups is 1. The Labute approximate surface area is 515 Å². The van der Waals surface area contributed by atoms with Gasteiger partial charge in [-0.3, -0.25) is 0 Å². The largest absolute Gasteiger partial charge is 2.00 e. The van der Waals surface area contributed by atoms with E-state index in [1.165, 1.54) is 70.2 Å². The normalized spacial score (nSPS) is 9.72. The van der Waals surface area contributed by atoms with E-state index in [2.05, 4.69) is 187 Å². The monoisotopic (exact) mass is 1210 g/mol. The molecule has 0 aliphatic heterocycles. The van der Waals surface area contributed by atoms with Crippen LogP contribution < -0.4 is 34.0 Å². The predicted molar refractivity (Wildman–Crippen MR) is 319 cm³/mol. The molecule has 0 heterocycles. The first kappa shape index (κ1) is 71.4. The topological polar surface area (TPSA) is 37.3 Å². The van der Waals surface area contributed by atoms with Crippen LogP contribution in [-0.4, -0.2) is 68.4 Å². The molecule has 1 N–H and O–H groups in total. The zero-order valence-electron chi connectivity index (χ0n) is 44.1. The maximum Gasteiger partial charge on any atom is 2.00 e. The molecule has 0 spiro atoms. The maximum atomic E-state index is 9.98. The van der Waals surface area contributed by atoms with E-state index in [0.29, 0.717) is 11.2 Å². The molecule has 0 fully saturated rings. The number of hydrogen-bond acceptors (Lipinski definition) is 2. The van der Waals surface area contributed by atoms with Gasteiger partial charge in [0.15, 0.2) is 0 Å². The van der Waals surface area contributed by atoms with Gasteiger partial charge in [0.05, 0.1) is 6.10 Å². The zero-order chi connectivity index (χ0) is 50.1. The summed E-state index contributed by atoms with van der Waals surface area (Å²) in [7, 11) is 0. The SMILES string of the molecule is BrC(CCc1ccccc1)CCc1ccccc1.O=CCCc1ccccc1.OC(CCc1ccccc1)CCc1ccccc1.[Br-].[Br-].[CH2-]Cc1ccccc1.[Mg+2].[Mg+2].c1ccc(CC[CH-]CCc2ccccc2)cc1. The summed E-state index contributed by atoms with van der Waals surface area (Å²) in [5, 5.41) is 9.97. The van der Waals surface area contributed by atoms with Crippen molar-refractivity contribution in [1.82, 2.24) is 0 Å². The summed E-state index contributed by atoms with van der Waals surface area (Å²) in [6.45, 7) is 3.76. The number of carbonyl (C=O) groups excluding carboxylic acids is 1. The van der Waals surface area contributed by atoms with Gasteiger partial charge in [0, 0.05) is 11.2 Å². The van der Waals surface area contributed by atoms with Crippen molar-refractivity contribution >= 4 is 68.3 Å². The molecule has 0 saturated carbocycles. The minimum absolute atomic E-state index is 0. The molecule has 0 atom stereocenters.